The van der Waals surface area contributed by atoms with Gasteiger partial charge in [0.25, 0.3) is 0 Å². The number of ether oxygens (including phenoxy) is 1. The van der Waals surface area contributed by atoms with E-state index in [1.54, 1.807) is 30.3 Å². The minimum Gasteiger partial charge on any atom is -0.456 e. The van der Waals surface area contributed by atoms with Crippen LogP contribution in [0.5, 0.6) is 11.5 Å². The van der Waals surface area contributed by atoms with Gasteiger partial charge < -0.3 is 4.74 Å². The van der Waals surface area contributed by atoms with E-state index in [1.807, 2.05) is 0 Å². The number of halogens is 4. The molecule has 0 saturated heterocycles. The zero-order chi connectivity index (χ0) is 14.8. The lowest BCUT2D eigenvalue weighted by Crippen LogP contribution is -2.05. The SMILES string of the molecule is N#Cc1cc(C(F)(F)F)ccc1Oc1ccc(Br)cc1. The van der Waals surface area contributed by atoms with Crippen LogP contribution in [0.1, 0.15) is 11.1 Å². The zero-order valence-corrected chi connectivity index (χ0v) is 11.5. The predicted octanol–water partition coefficient (Wildman–Crippen LogP) is 5.13. The topological polar surface area (TPSA) is 33.0 Å². The van der Waals surface area contributed by atoms with Gasteiger partial charge in [0.2, 0.25) is 0 Å². The number of benzene rings is 2. The van der Waals surface area contributed by atoms with Crippen LogP contribution in [-0.4, -0.2) is 0 Å². The van der Waals surface area contributed by atoms with Gasteiger partial charge >= 0.3 is 6.18 Å². The van der Waals surface area contributed by atoms with Crippen LogP contribution in [-0.2, 0) is 6.18 Å². The monoisotopic (exact) mass is 341 g/mol. The van der Waals surface area contributed by atoms with E-state index in [1.165, 1.54) is 0 Å². The van der Waals surface area contributed by atoms with E-state index in [9.17, 15) is 13.2 Å². The molecule has 0 aromatic heterocycles. The molecule has 0 aliphatic heterocycles. The van der Waals surface area contributed by atoms with Gasteiger partial charge in [-0.3, -0.25) is 0 Å². The maximum Gasteiger partial charge on any atom is 0.416 e. The summed E-state index contributed by atoms with van der Waals surface area (Å²) in [6.45, 7) is 0. The average molecular weight is 342 g/mol. The smallest absolute Gasteiger partial charge is 0.416 e. The van der Waals surface area contributed by atoms with Crippen LogP contribution in [0.25, 0.3) is 0 Å². The molecule has 0 atom stereocenters. The van der Waals surface area contributed by atoms with Gasteiger partial charge in [0.05, 0.1) is 11.1 Å². The van der Waals surface area contributed by atoms with Crippen LogP contribution in [0.2, 0.25) is 0 Å². The lowest BCUT2D eigenvalue weighted by atomic mass is 10.1. The van der Waals surface area contributed by atoms with E-state index in [-0.39, 0.29) is 11.3 Å². The average Bonchev–Trinajstić information content (AvgIpc) is 2.40. The summed E-state index contributed by atoms with van der Waals surface area (Å²) in [5.41, 5.74) is -1.04. The second kappa shape index (κ2) is 5.55. The first-order valence-corrected chi connectivity index (χ1v) is 6.24. The Hall–Kier alpha value is -2.00. The molecule has 2 nitrogen and oxygen atoms in total. The molecular formula is C14H7BrF3NO. The van der Waals surface area contributed by atoms with E-state index < -0.39 is 11.7 Å². The van der Waals surface area contributed by atoms with Crippen molar-refractivity contribution >= 4 is 15.9 Å². The highest BCUT2D eigenvalue weighted by molar-refractivity contribution is 9.10. The molecule has 0 amide bonds. The molecule has 2 aromatic rings. The molecular weight excluding hydrogens is 335 g/mol. The number of hydrogen-bond donors (Lipinski definition) is 0. The Bertz CT molecular complexity index is 660. The molecule has 6 heteroatoms. The fourth-order valence-corrected chi connectivity index (χ4v) is 1.78. The molecule has 0 bridgehead atoms. The third-order valence-corrected chi connectivity index (χ3v) is 3.00. The second-order valence-electron chi connectivity index (χ2n) is 3.88. The van der Waals surface area contributed by atoms with Gasteiger partial charge in [-0.15, -0.1) is 0 Å². The first-order chi connectivity index (χ1) is 9.40. The van der Waals surface area contributed by atoms with Crippen molar-refractivity contribution in [3.63, 3.8) is 0 Å². The molecule has 0 saturated carbocycles. The van der Waals surface area contributed by atoms with Crippen LogP contribution >= 0.6 is 15.9 Å². The highest BCUT2D eigenvalue weighted by Crippen LogP contribution is 2.34. The largest absolute Gasteiger partial charge is 0.456 e. The summed E-state index contributed by atoms with van der Waals surface area (Å²) in [6.07, 6.45) is -4.48. The summed E-state index contributed by atoms with van der Waals surface area (Å²) in [5.74, 6) is 0.521. The van der Waals surface area contributed by atoms with Crippen LogP contribution in [0, 0.1) is 11.3 Å². The summed E-state index contributed by atoms with van der Waals surface area (Å²) in [4.78, 5) is 0. The molecule has 0 aliphatic carbocycles. The summed E-state index contributed by atoms with van der Waals surface area (Å²) in [5, 5.41) is 8.93. The van der Waals surface area contributed by atoms with E-state index in [0.29, 0.717) is 5.75 Å². The van der Waals surface area contributed by atoms with Crippen molar-refractivity contribution < 1.29 is 17.9 Å². The predicted molar refractivity (Wildman–Crippen MR) is 70.4 cm³/mol. The van der Waals surface area contributed by atoms with Gasteiger partial charge in [0.1, 0.15) is 17.6 Å². The van der Waals surface area contributed by atoms with Gasteiger partial charge in [0, 0.05) is 4.47 Å². The lowest BCUT2D eigenvalue weighted by molar-refractivity contribution is -0.137. The van der Waals surface area contributed by atoms with E-state index in [2.05, 4.69) is 15.9 Å². The van der Waals surface area contributed by atoms with Gasteiger partial charge in [-0.05, 0) is 42.5 Å². The first kappa shape index (κ1) is 14.4. The third-order valence-electron chi connectivity index (χ3n) is 2.47. The highest BCUT2D eigenvalue weighted by atomic mass is 79.9. The Morgan fingerprint density at radius 2 is 1.70 bits per heavy atom. The maximum absolute atomic E-state index is 12.6. The van der Waals surface area contributed by atoms with Crippen molar-refractivity contribution in [2.45, 2.75) is 6.18 Å². The molecule has 2 rings (SSSR count). The van der Waals surface area contributed by atoms with Crippen LogP contribution in [0.3, 0.4) is 0 Å². The fourth-order valence-electron chi connectivity index (χ4n) is 1.51. The third kappa shape index (κ3) is 3.31. The zero-order valence-electron chi connectivity index (χ0n) is 9.91. The molecule has 0 unspecified atom stereocenters. The highest BCUT2D eigenvalue weighted by Gasteiger charge is 2.31. The minimum atomic E-state index is -4.48. The van der Waals surface area contributed by atoms with Crippen molar-refractivity contribution in [2.24, 2.45) is 0 Å². The summed E-state index contributed by atoms with van der Waals surface area (Å²) in [6, 6.07) is 11.2. The number of nitriles is 1. The Morgan fingerprint density at radius 3 is 2.25 bits per heavy atom. The lowest BCUT2D eigenvalue weighted by Gasteiger charge is -2.11. The first-order valence-electron chi connectivity index (χ1n) is 5.45. The quantitative estimate of drug-likeness (QED) is 0.758. The van der Waals surface area contributed by atoms with Crippen LogP contribution in [0.4, 0.5) is 13.2 Å². The maximum atomic E-state index is 12.6. The summed E-state index contributed by atoms with van der Waals surface area (Å²) in [7, 11) is 0. The summed E-state index contributed by atoms with van der Waals surface area (Å²) < 4.78 is 43.9. The van der Waals surface area contributed by atoms with E-state index in [4.69, 9.17) is 10.00 Å². The molecule has 0 heterocycles. The minimum absolute atomic E-state index is 0.0859. The van der Waals surface area contributed by atoms with Gasteiger partial charge in [-0.2, -0.15) is 18.4 Å². The van der Waals surface area contributed by atoms with Crippen molar-refractivity contribution in [1.82, 2.24) is 0 Å². The second-order valence-corrected chi connectivity index (χ2v) is 4.79. The van der Waals surface area contributed by atoms with Gasteiger partial charge in [-0.1, -0.05) is 15.9 Å². The Kier molecular flexibility index (Phi) is 4.00. The molecule has 0 spiro atoms. The number of alkyl halides is 3. The fraction of sp³-hybridized carbons (Fsp3) is 0.0714. The molecule has 0 radical (unpaired) electrons. The van der Waals surface area contributed by atoms with Crippen molar-refractivity contribution in [3.05, 3.63) is 58.1 Å². The van der Waals surface area contributed by atoms with Crippen molar-refractivity contribution in [2.75, 3.05) is 0 Å². The number of rotatable bonds is 2. The van der Waals surface area contributed by atoms with Crippen molar-refractivity contribution in [1.29, 1.82) is 5.26 Å². The number of nitrogens with zero attached hydrogens (tertiary/aromatic N) is 1. The Morgan fingerprint density at radius 1 is 1.05 bits per heavy atom. The van der Waals surface area contributed by atoms with E-state index >= 15 is 0 Å². The molecule has 0 N–H and O–H groups in total. The van der Waals surface area contributed by atoms with Gasteiger partial charge in [0.15, 0.2) is 0 Å². The molecule has 102 valence electrons. The Labute approximate surface area is 121 Å². The van der Waals surface area contributed by atoms with Gasteiger partial charge in [-0.25, -0.2) is 0 Å². The van der Waals surface area contributed by atoms with Crippen molar-refractivity contribution in [3.8, 4) is 17.6 Å². The summed E-state index contributed by atoms with van der Waals surface area (Å²) >= 11 is 3.26. The van der Waals surface area contributed by atoms with E-state index in [0.717, 1.165) is 22.7 Å². The Balaban J connectivity index is 2.33. The van der Waals surface area contributed by atoms with Crippen LogP contribution < -0.4 is 4.74 Å². The molecule has 0 fully saturated rings. The number of hydrogen-bond acceptors (Lipinski definition) is 2. The standard InChI is InChI=1S/C14H7BrF3NO/c15-11-2-4-12(5-3-11)20-13-6-1-10(14(16,17)18)7-9(13)8-19/h1-7H. The normalized spacial score (nSPS) is 10.9. The molecule has 20 heavy (non-hydrogen) atoms. The molecule has 0 aliphatic rings. The molecule has 2 aromatic carbocycles. The van der Waals surface area contributed by atoms with Crippen LogP contribution in [0.15, 0.2) is 46.9 Å².